The highest BCUT2D eigenvalue weighted by Gasteiger charge is 2.40. The van der Waals surface area contributed by atoms with Crippen LogP contribution in [0.15, 0.2) is 0 Å². The third-order valence-electron chi connectivity index (χ3n) is 4.96. The molecular weight excluding hydrogens is 224 g/mol. The van der Waals surface area contributed by atoms with Crippen molar-refractivity contribution in [2.75, 3.05) is 13.1 Å². The van der Waals surface area contributed by atoms with E-state index < -0.39 is 0 Å². The zero-order valence-electron chi connectivity index (χ0n) is 12.0. The number of piperidine rings is 1. The number of hydrogen-bond acceptors (Lipinski definition) is 2. The van der Waals surface area contributed by atoms with E-state index in [4.69, 9.17) is 5.73 Å². The summed E-state index contributed by atoms with van der Waals surface area (Å²) in [6, 6.07) is 0. The van der Waals surface area contributed by atoms with Gasteiger partial charge in [-0.3, -0.25) is 4.79 Å². The van der Waals surface area contributed by atoms with Gasteiger partial charge in [0.15, 0.2) is 0 Å². The molecule has 1 saturated carbocycles. The fourth-order valence-corrected chi connectivity index (χ4v) is 3.58. The van der Waals surface area contributed by atoms with Gasteiger partial charge in [0.05, 0.1) is 5.92 Å². The Labute approximate surface area is 111 Å². The minimum atomic E-state index is -0.283. The highest BCUT2D eigenvalue weighted by molar-refractivity contribution is 5.80. The minimum absolute atomic E-state index is 0.0573. The predicted octanol–water partition coefficient (Wildman–Crippen LogP) is 2.54. The lowest BCUT2D eigenvalue weighted by Crippen LogP contribution is -2.55. The van der Waals surface area contributed by atoms with Crippen LogP contribution in [-0.4, -0.2) is 29.4 Å². The lowest BCUT2D eigenvalue weighted by atomic mass is 9.73. The summed E-state index contributed by atoms with van der Waals surface area (Å²) in [5.74, 6) is 1.09. The molecule has 3 unspecified atom stereocenters. The van der Waals surface area contributed by atoms with Gasteiger partial charge in [-0.15, -0.1) is 0 Å². The van der Waals surface area contributed by atoms with E-state index in [2.05, 4.69) is 18.7 Å². The summed E-state index contributed by atoms with van der Waals surface area (Å²) < 4.78 is 0. The van der Waals surface area contributed by atoms with Crippen LogP contribution >= 0.6 is 0 Å². The maximum atomic E-state index is 12.7. The van der Waals surface area contributed by atoms with Crippen LogP contribution < -0.4 is 5.73 Å². The molecule has 0 aromatic heterocycles. The second kappa shape index (κ2) is 5.60. The van der Waals surface area contributed by atoms with Gasteiger partial charge in [-0.05, 0) is 38.5 Å². The van der Waals surface area contributed by atoms with Crippen LogP contribution in [0.5, 0.6) is 0 Å². The van der Waals surface area contributed by atoms with Gasteiger partial charge >= 0.3 is 0 Å². The summed E-state index contributed by atoms with van der Waals surface area (Å²) >= 11 is 0. The number of carbonyl (C=O) groups excluding carboxylic acids is 1. The number of amides is 1. The lowest BCUT2D eigenvalue weighted by Gasteiger charge is -2.42. The van der Waals surface area contributed by atoms with Crippen LogP contribution in [0.2, 0.25) is 0 Å². The molecule has 18 heavy (non-hydrogen) atoms. The van der Waals surface area contributed by atoms with Gasteiger partial charge < -0.3 is 10.6 Å². The summed E-state index contributed by atoms with van der Waals surface area (Å²) in [4.78, 5) is 14.8. The van der Waals surface area contributed by atoms with E-state index in [9.17, 15) is 4.79 Å². The zero-order chi connectivity index (χ0) is 13.2. The van der Waals surface area contributed by atoms with Crippen LogP contribution in [0.4, 0.5) is 0 Å². The number of rotatable bonds is 2. The van der Waals surface area contributed by atoms with Gasteiger partial charge in [-0.25, -0.2) is 0 Å². The first-order valence-electron chi connectivity index (χ1n) is 7.62. The molecule has 2 aliphatic rings. The Morgan fingerprint density at radius 1 is 1.33 bits per heavy atom. The standard InChI is InChI=1S/C15H28N2O/c1-3-12-7-6-10-17(11-12)14(18)13-8-4-5-9-15(13,2)16/h12-13H,3-11,16H2,1-2H3. The molecule has 0 aromatic rings. The molecule has 1 aliphatic heterocycles. The van der Waals surface area contributed by atoms with Gasteiger partial charge in [-0.1, -0.05) is 26.2 Å². The maximum absolute atomic E-state index is 12.7. The fourth-order valence-electron chi connectivity index (χ4n) is 3.58. The molecule has 2 rings (SSSR count). The minimum Gasteiger partial charge on any atom is -0.342 e. The van der Waals surface area contributed by atoms with Crippen molar-refractivity contribution in [3.05, 3.63) is 0 Å². The van der Waals surface area contributed by atoms with E-state index >= 15 is 0 Å². The first-order valence-corrected chi connectivity index (χ1v) is 7.62. The van der Waals surface area contributed by atoms with Crippen LogP contribution in [0.25, 0.3) is 0 Å². The molecule has 1 heterocycles. The number of nitrogens with zero attached hydrogens (tertiary/aromatic N) is 1. The Bertz CT molecular complexity index is 301. The van der Waals surface area contributed by atoms with E-state index in [0.29, 0.717) is 11.8 Å². The molecule has 2 N–H and O–H groups in total. The van der Waals surface area contributed by atoms with Gasteiger partial charge in [0.2, 0.25) is 5.91 Å². The number of carbonyl (C=O) groups is 1. The quantitative estimate of drug-likeness (QED) is 0.821. The summed E-state index contributed by atoms with van der Waals surface area (Å²) in [7, 11) is 0. The van der Waals surface area contributed by atoms with E-state index in [-0.39, 0.29) is 11.5 Å². The van der Waals surface area contributed by atoms with E-state index in [1.54, 1.807) is 0 Å². The van der Waals surface area contributed by atoms with Crippen LogP contribution in [0.3, 0.4) is 0 Å². The number of hydrogen-bond donors (Lipinski definition) is 1. The van der Waals surface area contributed by atoms with Crippen molar-refractivity contribution >= 4 is 5.91 Å². The summed E-state index contributed by atoms with van der Waals surface area (Å²) in [5, 5.41) is 0. The molecule has 3 atom stereocenters. The maximum Gasteiger partial charge on any atom is 0.227 e. The Morgan fingerprint density at radius 3 is 2.78 bits per heavy atom. The van der Waals surface area contributed by atoms with Crippen molar-refractivity contribution in [2.24, 2.45) is 17.6 Å². The summed E-state index contributed by atoms with van der Waals surface area (Å²) in [6.07, 6.45) is 7.95. The molecular formula is C15H28N2O. The molecule has 1 aliphatic carbocycles. The highest BCUT2D eigenvalue weighted by Crippen LogP contribution is 2.34. The van der Waals surface area contributed by atoms with Gasteiger partial charge in [0, 0.05) is 18.6 Å². The van der Waals surface area contributed by atoms with Crippen molar-refractivity contribution in [1.82, 2.24) is 4.90 Å². The number of likely N-dealkylation sites (tertiary alicyclic amines) is 1. The number of nitrogens with two attached hydrogens (primary N) is 1. The second-order valence-electron chi connectivity index (χ2n) is 6.50. The smallest absolute Gasteiger partial charge is 0.227 e. The topological polar surface area (TPSA) is 46.3 Å². The van der Waals surface area contributed by atoms with Crippen LogP contribution in [-0.2, 0) is 4.79 Å². The fraction of sp³-hybridized carbons (Fsp3) is 0.933. The first kappa shape index (κ1) is 13.9. The van der Waals surface area contributed by atoms with Crippen LogP contribution in [0.1, 0.15) is 58.8 Å². The molecule has 3 nitrogen and oxygen atoms in total. The van der Waals surface area contributed by atoms with Gasteiger partial charge in [0.1, 0.15) is 0 Å². The van der Waals surface area contributed by atoms with E-state index in [1.165, 1.54) is 19.3 Å². The molecule has 0 spiro atoms. The third-order valence-corrected chi connectivity index (χ3v) is 4.96. The highest BCUT2D eigenvalue weighted by atomic mass is 16.2. The van der Waals surface area contributed by atoms with E-state index in [0.717, 1.165) is 38.8 Å². The van der Waals surface area contributed by atoms with Crippen molar-refractivity contribution in [1.29, 1.82) is 0 Å². The molecule has 0 radical (unpaired) electrons. The Morgan fingerprint density at radius 2 is 2.11 bits per heavy atom. The molecule has 3 heteroatoms. The molecule has 1 saturated heterocycles. The van der Waals surface area contributed by atoms with Crippen molar-refractivity contribution in [3.8, 4) is 0 Å². The second-order valence-corrected chi connectivity index (χ2v) is 6.50. The average Bonchev–Trinajstić information content (AvgIpc) is 2.37. The zero-order valence-corrected chi connectivity index (χ0v) is 12.0. The van der Waals surface area contributed by atoms with Crippen LogP contribution in [0, 0.1) is 11.8 Å². The molecule has 0 aromatic carbocycles. The third kappa shape index (κ3) is 2.87. The van der Waals surface area contributed by atoms with E-state index in [1.807, 2.05) is 0 Å². The predicted molar refractivity (Wildman–Crippen MR) is 74.1 cm³/mol. The molecule has 1 amide bonds. The molecule has 0 bridgehead atoms. The molecule has 104 valence electrons. The Hall–Kier alpha value is -0.570. The SMILES string of the molecule is CCC1CCCN(C(=O)C2CCCCC2(C)N)C1. The first-order chi connectivity index (χ1) is 8.54. The van der Waals surface area contributed by atoms with Crippen molar-refractivity contribution in [3.63, 3.8) is 0 Å². The summed E-state index contributed by atoms with van der Waals surface area (Å²) in [5.41, 5.74) is 6.07. The monoisotopic (exact) mass is 252 g/mol. The summed E-state index contributed by atoms with van der Waals surface area (Å²) in [6.45, 7) is 6.20. The lowest BCUT2D eigenvalue weighted by molar-refractivity contribution is -0.140. The Kier molecular flexibility index (Phi) is 4.31. The normalized spacial score (nSPS) is 37.6. The van der Waals surface area contributed by atoms with Crippen molar-refractivity contribution in [2.45, 2.75) is 64.3 Å². The Balaban J connectivity index is 2.01. The average molecular weight is 252 g/mol. The van der Waals surface area contributed by atoms with Gasteiger partial charge in [-0.2, -0.15) is 0 Å². The molecule has 2 fully saturated rings. The largest absolute Gasteiger partial charge is 0.342 e. The van der Waals surface area contributed by atoms with Gasteiger partial charge in [0.25, 0.3) is 0 Å². The van der Waals surface area contributed by atoms with Crippen molar-refractivity contribution < 1.29 is 4.79 Å².